The molecule has 0 bridgehead atoms. The van der Waals surface area contributed by atoms with Crippen molar-refractivity contribution in [1.82, 2.24) is 15.2 Å². The number of carbonyl (C=O) groups excluding carboxylic acids is 1. The summed E-state index contributed by atoms with van der Waals surface area (Å²) in [4.78, 5) is 17.1. The van der Waals surface area contributed by atoms with Crippen LogP contribution in [0.15, 0.2) is 24.3 Å². The average Bonchev–Trinajstić information content (AvgIpc) is 2.87. The summed E-state index contributed by atoms with van der Waals surface area (Å²) < 4.78 is 5.42. The van der Waals surface area contributed by atoms with E-state index in [0.717, 1.165) is 17.4 Å². The molecule has 0 saturated heterocycles. The van der Waals surface area contributed by atoms with Crippen LogP contribution in [0.3, 0.4) is 0 Å². The quantitative estimate of drug-likeness (QED) is 0.526. The molecule has 0 atom stereocenters. The van der Waals surface area contributed by atoms with Crippen LogP contribution in [-0.4, -0.2) is 56.2 Å². The van der Waals surface area contributed by atoms with Gasteiger partial charge in [-0.15, -0.1) is 0 Å². The van der Waals surface area contributed by atoms with Gasteiger partial charge in [0.15, 0.2) is 0 Å². The SMILES string of the molecule is CN(C)CCOCCNC(=O)c1cc2cccc(N)c2[nH]1. The van der Waals surface area contributed by atoms with Gasteiger partial charge in [0.2, 0.25) is 0 Å². The van der Waals surface area contributed by atoms with Crippen LogP contribution >= 0.6 is 0 Å². The maximum Gasteiger partial charge on any atom is 0.267 e. The molecule has 114 valence electrons. The van der Waals surface area contributed by atoms with Crippen molar-refractivity contribution in [1.29, 1.82) is 0 Å². The standard InChI is InChI=1S/C15H22N4O2/c1-19(2)7-9-21-8-6-17-15(20)13-10-11-4-3-5-12(16)14(11)18-13/h3-5,10,18H,6-9,16H2,1-2H3,(H,17,20). The summed E-state index contributed by atoms with van der Waals surface area (Å²) in [5.74, 6) is -0.151. The van der Waals surface area contributed by atoms with Crippen molar-refractivity contribution in [2.24, 2.45) is 0 Å². The minimum atomic E-state index is -0.151. The second-order valence-electron chi connectivity index (χ2n) is 5.17. The van der Waals surface area contributed by atoms with Gasteiger partial charge in [0.05, 0.1) is 24.4 Å². The molecule has 0 aliphatic rings. The molecule has 0 spiro atoms. The Labute approximate surface area is 124 Å². The average molecular weight is 290 g/mol. The molecule has 0 radical (unpaired) electrons. The molecule has 1 aromatic carbocycles. The predicted molar refractivity (Wildman–Crippen MR) is 84.4 cm³/mol. The molecule has 1 aromatic heterocycles. The van der Waals surface area contributed by atoms with E-state index in [4.69, 9.17) is 10.5 Å². The Morgan fingerprint density at radius 3 is 2.90 bits per heavy atom. The van der Waals surface area contributed by atoms with Crippen molar-refractivity contribution >= 4 is 22.5 Å². The summed E-state index contributed by atoms with van der Waals surface area (Å²) in [6.45, 7) is 2.51. The van der Waals surface area contributed by atoms with Crippen LogP contribution in [0.1, 0.15) is 10.5 Å². The van der Waals surface area contributed by atoms with Crippen LogP contribution < -0.4 is 11.1 Å². The molecule has 0 saturated carbocycles. The molecule has 0 fully saturated rings. The molecule has 0 unspecified atom stereocenters. The molecular weight excluding hydrogens is 268 g/mol. The van der Waals surface area contributed by atoms with Gasteiger partial charge in [0.1, 0.15) is 5.69 Å². The van der Waals surface area contributed by atoms with Crippen molar-refractivity contribution in [3.63, 3.8) is 0 Å². The minimum absolute atomic E-state index is 0.151. The first-order valence-corrected chi connectivity index (χ1v) is 6.96. The number of aromatic nitrogens is 1. The maximum atomic E-state index is 12.0. The third-order valence-corrected chi connectivity index (χ3v) is 3.15. The number of para-hydroxylation sites is 1. The third kappa shape index (κ3) is 4.21. The molecule has 2 aromatic rings. The highest BCUT2D eigenvalue weighted by Gasteiger charge is 2.09. The fourth-order valence-corrected chi connectivity index (χ4v) is 1.98. The second-order valence-corrected chi connectivity index (χ2v) is 5.17. The van der Waals surface area contributed by atoms with Crippen LogP contribution in [-0.2, 0) is 4.74 Å². The number of ether oxygens (including phenoxy) is 1. The molecule has 0 aliphatic carbocycles. The number of hydrogen-bond acceptors (Lipinski definition) is 4. The van der Waals surface area contributed by atoms with E-state index < -0.39 is 0 Å². The monoisotopic (exact) mass is 290 g/mol. The number of carbonyl (C=O) groups is 1. The van der Waals surface area contributed by atoms with E-state index in [1.54, 1.807) is 12.1 Å². The zero-order valence-corrected chi connectivity index (χ0v) is 12.5. The van der Waals surface area contributed by atoms with Crippen molar-refractivity contribution in [2.45, 2.75) is 0 Å². The van der Waals surface area contributed by atoms with Gasteiger partial charge in [-0.05, 0) is 26.2 Å². The van der Waals surface area contributed by atoms with Gasteiger partial charge in [-0.2, -0.15) is 0 Å². The zero-order chi connectivity index (χ0) is 15.2. The molecule has 21 heavy (non-hydrogen) atoms. The number of benzene rings is 1. The number of amides is 1. The first-order valence-electron chi connectivity index (χ1n) is 6.96. The smallest absolute Gasteiger partial charge is 0.267 e. The largest absolute Gasteiger partial charge is 0.397 e. The number of hydrogen-bond donors (Lipinski definition) is 3. The first-order chi connectivity index (χ1) is 10.1. The summed E-state index contributed by atoms with van der Waals surface area (Å²) in [6.07, 6.45) is 0. The minimum Gasteiger partial charge on any atom is -0.397 e. The Morgan fingerprint density at radius 1 is 1.38 bits per heavy atom. The fourth-order valence-electron chi connectivity index (χ4n) is 1.98. The van der Waals surface area contributed by atoms with Crippen LogP contribution in [0.5, 0.6) is 0 Å². The van der Waals surface area contributed by atoms with Crippen molar-refractivity contribution < 1.29 is 9.53 Å². The lowest BCUT2D eigenvalue weighted by atomic mass is 10.2. The Bertz CT molecular complexity index is 607. The fraction of sp³-hybridized carbons (Fsp3) is 0.400. The number of aromatic amines is 1. The third-order valence-electron chi connectivity index (χ3n) is 3.15. The molecule has 6 nitrogen and oxygen atoms in total. The first kappa shape index (κ1) is 15.3. The Balaban J connectivity index is 1.81. The topological polar surface area (TPSA) is 83.4 Å². The molecule has 4 N–H and O–H groups in total. The number of rotatable bonds is 7. The van der Waals surface area contributed by atoms with Gasteiger partial charge in [-0.25, -0.2) is 0 Å². The lowest BCUT2D eigenvalue weighted by Crippen LogP contribution is -2.28. The van der Waals surface area contributed by atoms with E-state index in [1.165, 1.54) is 0 Å². The highest BCUT2D eigenvalue weighted by molar-refractivity contribution is 6.00. The second kappa shape index (κ2) is 7.10. The lowest BCUT2D eigenvalue weighted by molar-refractivity contribution is 0.0896. The van der Waals surface area contributed by atoms with E-state index in [1.807, 2.05) is 31.1 Å². The van der Waals surface area contributed by atoms with E-state index in [-0.39, 0.29) is 5.91 Å². The summed E-state index contributed by atoms with van der Waals surface area (Å²) in [5, 5.41) is 3.75. The van der Waals surface area contributed by atoms with E-state index >= 15 is 0 Å². The van der Waals surface area contributed by atoms with Crippen molar-refractivity contribution in [3.05, 3.63) is 30.0 Å². The van der Waals surface area contributed by atoms with Gasteiger partial charge in [0.25, 0.3) is 5.91 Å². The van der Waals surface area contributed by atoms with Gasteiger partial charge in [-0.3, -0.25) is 4.79 Å². The number of likely N-dealkylation sites (N-methyl/N-ethyl adjacent to an activating group) is 1. The molecular formula is C15H22N4O2. The summed E-state index contributed by atoms with van der Waals surface area (Å²) in [6, 6.07) is 7.39. The van der Waals surface area contributed by atoms with Gasteiger partial charge in [-0.1, -0.05) is 12.1 Å². The number of nitrogens with zero attached hydrogens (tertiary/aromatic N) is 1. The number of H-pyrrole nitrogens is 1. The summed E-state index contributed by atoms with van der Waals surface area (Å²) in [5.41, 5.74) is 7.81. The number of fused-ring (bicyclic) bond motifs is 1. The number of anilines is 1. The number of nitrogens with two attached hydrogens (primary N) is 1. The number of nitrogens with one attached hydrogen (secondary N) is 2. The maximum absolute atomic E-state index is 12.0. The Kier molecular flexibility index (Phi) is 5.19. The van der Waals surface area contributed by atoms with E-state index in [9.17, 15) is 4.79 Å². The van der Waals surface area contributed by atoms with Gasteiger partial charge >= 0.3 is 0 Å². The Hall–Kier alpha value is -2.05. The van der Waals surface area contributed by atoms with Gasteiger partial charge in [0, 0.05) is 18.5 Å². The van der Waals surface area contributed by atoms with Crippen LogP contribution in [0.2, 0.25) is 0 Å². The van der Waals surface area contributed by atoms with Crippen LogP contribution in [0, 0.1) is 0 Å². The predicted octanol–water partition coefficient (Wildman–Crippen LogP) is 1.06. The lowest BCUT2D eigenvalue weighted by Gasteiger charge is -2.10. The highest BCUT2D eigenvalue weighted by Crippen LogP contribution is 2.20. The zero-order valence-electron chi connectivity index (χ0n) is 12.5. The summed E-state index contributed by atoms with van der Waals surface area (Å²) in [7, 11) is 3.99. The summed E-state index contributed by atoms with van der Waals surface area (Å²) >= 11 is 0. The Morgan fingerprint density at radius 2 is 2.19 bits per heavy atom. The van der Waals surface area contributed by atoms with Crippen molar-refractivity contribution in [2.75, 3.05) is 46.1 Å². The van der Waals surface area contributed by atoms with Crippen LogP contribution in [0.4, 0.5) is 5.69 Å². The normalized spacial score (nSPS) is 11.2. The number of nitrogen functional groups attached to an aromatic ring is 1. The molecule has 6 heteroatoms. The highest BCUT2D eigenvalue weighted by atomic mass is 16.5. The van der Waals surface area contributed by atoms with Gasteiger partial charge < -0.3 is 25.7 Å². The van der Waals surface area contributed by atoms with Crippen molar-refractivity contribution in [3.8, 4) is 0 Å². The molecule has 1 heterocycles. The van der Waals surface area contributed by atoms with E-state index in [0.29, 0.717) is 31.1 Å². The molecule has 1 amide bonds. The molecule has 2 rings (SSSR count). The molecule has 0 aliphatic heterocycles. The van der Waals surface area contributed by atoms with E-state index in [2.05, 4.69) is 10.3 Å². The van der Waals surface area contributed by atoms with Crippen LogP contribution in [0.25, 0.3) is 10.9 Å².